The van der Waals surface area contributed by atoms with E-state index in [1.165, 1.54) is 5.56 Å². The molecule has 7 heteroatoms. The molecule has 0 aliphatic carbocycles. The van der Waals surface area contributed by atoms with Crippen LogP contribution in [0.25, 0.3) is 11.7 Å². The number of hydrogen-bond donors (Lipinski definition) is 0. The lowest BCUT2D eigenvalue weighted by atomic mass is 10.1. The number of furan rings is 1. The van der Waals surface area contributed by atoms with Crippen molar-refractivity contribution < 1.29 is 8.83 Å². The molecule has 1 aromatic carbocycles. The number of nitrogens with zero attached hydrogens (tertiary/aromatic N) is 5. The summed E-state index contributed by atoms with van der Waals surface area (Å²) in [6, 6.07) is 13.6. The summed E-state index contributed by atoms with van der Waals surface area (Å²) in [5.74, 6) is 1.63. The molecule has 3 heterocycles. The molecule has 1 aliphatic heterocycles. The summed E-state index contributed by atoms with van der Waals surface area (Å²) < 4.78 is 11.0. The van der Waals surface area contributed by atoms with Gasteiger partial charge >= 0.3 is 0 Å². The largest absolute Gasteiger partial charge is 0.459 e. The first-order valence-electron chi connectivity index (χ1n) is 9.10. The average Bonchev–Trinajstić information content (AvgIpc) is 3.33. The van der Waals surface area contributed by atoms with Crippen LogP contribution in [0.15, 0.2) is 51.5 Å². The van der Waals surface area contributed by atoms with Gasteiger partial charge in [0.15, 0.2) is 5.76 Å². The van der Waals surface area contributed by atoms with Gasteiger partial charge in [0.1, 0.15) is 0 Å². The van der Waals surface area contributed by atoms with Crippen molar-refractivity contribution in [3.63, 3.8) is 0 Å². The van der Waals surface area contributed by atoms with Crippen molar-refractivity contribution in [2.24, 2.45) is 0 Å². The van der Waals surface area contributed by atoms with E-state index < -0.39 is 0 Å². The molecule has 2 aromatic heterocycles. The summed E-state index contributed by atoms with van der Waals surface area (Å²) in [6.45, 7) is 5.55. The lowest BCUT2D eigenvalue weighted by Crippen LogP contribution is -2.30. The van der Waals surface area contributed by atoms with Gasteiger partial charge < -0.3 is 8.83 Å². The minimum Gasteiger partial charge on any atom is -0.459 e. The van der Waals surface area contributed by atoms with Gasteiger partial charge in [0.2, 0.25) is 5.89 Å². The maximum absolute atomic E-state index is 8.90. The van der Waals surface area contributed by atoms with Gasteiger partial charge in [0, 0.05) is 19.6 Å². The number of rotatable bonds is 5. The third-order valence-corrected chi connectivity index (χ3v) is 4.73. The highest BCUT2D eigenvalue weighted by Crippen LogP contribution is 2.19. The van der Waals surface area contributed by atoms with Gasteiger partial charge in [-0.1, -0.05) is 12.1 Å². The molecule has 4 rings (SSSR count). The Morgan fingerprint density at radius 3 is 2.44 bits per heavy atom. The molecule has 0 atom stereocenters. The predicted molar refractivity (Wildman–Crippen MR) is 98.3 cm³/mol. The number of nitriles is 1. The van der Waals surface area contributed by atoms with Gasteiger partial charge in [-0.3, -0.25) is 9.80 Å². The molecule has 7 nitrogen and oxygen atoms in total. The van der Waals surface area contributed by atoms with E-state index in [1.54, 1.807) is 12.3 Å². The van der Waals surface area contributed by atoms with Crippen molar-refractivity contribution in [1.82, 2.24) is 20.0 Å². The van der Waals surface area contributed by atoms with Gasteiger partial charge in [0.25, 0.3) is 5.89 Å². The molecule has 0 unspecified atom stereocenters. The molecule has 3 aromatic rings. The smallest absolute Gasteiger partial charge is 0.283 e. The molecule has 1 aliphatic rings. The minimum absolute atomic E-state index is 0.423. The van der Waals surface area contributed by atoms with E-state index in [2.05, 4.69) is 26.1 Å². The third-order valence-electron chi connectivity index (χ3n) is 4.73. The fraction of sp³-hybridized carbons (Fsp3) is 0.350. The van der Waals surface area contributed by atoms with Crippen LogP contribution in [0.1, 0.15) is 23.4 Å². The minimum atomic E-state index is 0.423. The number of hydrogen-bond acceptors (Lipinski definition) is 7. The van der Waals surface area contributed by atoms with Gasteiger partial charge in [0.05, 0.1) is 24.4 Å². The van der Waals surface area contributed by atoms with Crippen LogP contribution in [-0.2, 0) is 13.1 Å². The molecule has 1 saturated heterocycles. The number of aromatic nitrogens is 2. The van der Waals surface area contributed by atoms with Crippen molar-refractivity contribution >= 4 is 0 Å². The Morgan fingerprint density at radius 2 is 1.74 bits per heavy atom. The van der Waals surface area contributed by atoms with Crippen LogP contribution in [0.2, 0.25) is 0 Å². The second-order valence-corrected chi connectivity index (χ2v) is 6.69. The molecule has 27 heavy (non-hydrogen) atoms. The summed E-state index contributed by atoms with van der Waals surface area (Å²) in [5.41, 5.74) is 1.94. The van der Waals surface area contributed by atoms with Gasteiger partial charge in [-0.05, 0) is 49.3 Å². The highest BCUT2D eigenvalue weighted by molar-refractivity contribution is 5.42. The molecular weight excluding hydrogens is 342 g/mol. The first-order chi connectivity index (χ1) is 13.3. The number of benzene rings is 1. The van der Waals surface area contributed by atoms with Gasteiger partial charge in [-0.15, -0.1) is 10.2 Å². The Labute approximate surface area is 157 Å². The topological polar surface area (TPSA) is 82.3 Å². The standard InChI is InChI=1S/C20H21N5O2/c21-13-16-4-6-17(7-5-16)14-24-8-2-9-25(11-10-24)15-19-22-23-20(27-19)18-3-1-12-26-18/h1,3-7,12H,2,8-11,14-15H2. The SMILES string of the molecule is N#Cc1ccc(CN2CCCN(Cc3nnc(-c4ccco4)o3)CC2)cc1. The summed E-state index contributed by atoms with van der Waals surface area (Å²) in [7, 11) is 0. The molecule has 0 saturated carbocycles. The van der Waals surface area contributed by atoms with E-state index in [0.29, 0.717) is 29.6 Å². The van der Waals surface area contributed by atoms with E-state index >= 15 is 0 Å². The van der Waals surface area contributed by atoms with Crippen molar-refractivity contribution in [1.29, 1.82) is 5.26 Å². The summed E-state index contributed by atoms with van der Waals surface area (Å²) in [4.78, 5) is 4.79. The molecule has 0 bridgehead atoms. The fourth-order valence-corrected chi connectivity index (χ4v) is 3.29. The van der Waals surface area contributed by atoms with Crippen molar-refractivity contribution in [2.45, 2.75) is 19.5 Å². The molecule has 0 spiro atoms. The Morgan fingerprint density at radius 1 is 0.963 bits per heavy atom. The van der Waals surface area contributed by atoms with E-state index in [-0.39, 0.29) is 0 Å². The molecule has 0 amide bonds. The van der Waals surface area contributed by atoms with E-state index in [4.69, 9.17) is 14.1 Å². The average molecular weight is 363 g/mol. The highest BCUT2D eigenvalue weighted by Gasteiger charge is 2.18. The second kappa shape index (κ2) is 8.16. The maximum atomic E-state index is 8.90. The van der Waals surface area contributed by atoms with E-state index in [0.717, 1.165) is 39.1 Å². The fourth-order valence-electron chi connectivity index (χ4n) is 3.29. The van der Waals surface area contributed by atoms with Crippen molar-refractivity contribution in [2.75, 3.05) is 26.2 Å². The monoisotopic (exact) mass is 363 g/mol. The Balaban J connectivity index is 1.31. The van der Waals surface area contributed by atoms with Crippen LogP contribution in [-0.4, -0.2) is 46.2 Å². The Kier molecular flexibility index (Phi) is 5.28. The zero-order valence-electron chi connectivity index (χ0n) is 15.0. The second-order valence-electron chi connectivity index (χ2n) is 6.69. The van der Waals surface area contributed by atoms with E-state index in [9.17, 15) is 0 Å². The summed E-state index contributed by atoms with van der Waals surface area (Å²) in [6.07, 6.45) is 2.69. The summed E-state index contributed by atoms with van der Waals surface area (Å²) >= 11 is 0. The maximum Gasteiger partial charge on any atom is 0.283 e. The predicted octanol–water partition coefficient (Wildman–Crippen LogP) is 2.91. The van der Waals surface area contributed by atoms with Gasteiger partial charge in [-0.25, -0.2) is 0 Å². The molecule has 1 fully saturated rings. The first-order valence-corrected chi connectivity index (χ1v) is 9.10. The lowest BCUT2D eigenvalue weighted by molar-refractivity contribution is 0.231. The van der Waals surface area contributed by atoms with Crippen LogP contribution in [0.4, 0.5) is 0 Å². The molecule has 138 valence electrons. The highest BCUT2D eigenvalue weighted by atomic mass is 16.4. The molecular formula is C20H21N5O2. The van der Waals surface area contributed by atoms with Crippen LogP contribution in [0.3, 0.4) is 0 Å². The van der Waals surface area contributed by atoms with Crippen LogP contribution in [0, 0.1) is 11.3 Å². The van der Waals surface area contributed by atoms with Crippen LogP contribution >= 0.6 is 0 Å². The quantitative estimate of drug-likeness (QED) is 0.689. The van der Waals surface area contributed by atoms with Crippen LogP contribution in [0.5, 0.6) is 0 Å². The van der Waals surface area contributed by atoms with Gasteiger partial charge in [-0.2, -0.15) is 5.26 Å². The zero-order chi connectivity index (χ0) is 18.5. The Hall–Kier alpha value is -2.95. The van der Waals surface area contributed by atoms with Crippen molar-refractivity contribution in [3.05, 3.63) is 59.7 Å². The molecule has 0 radical (unpaired) electrons. The summed E-state index contributed by atoms with van der Waals surface area (Å²) in [5, 5.41) is 17.1. The first kappa shape index (κ1) is 17.5. The molecule has 0 N–H and O–H groups in total. The lowest BCUT2D eigenvalue weighted by Gasteiger charge is -2.21. The third kappa shape index (κ3) is 4.42. The van der Waals surface area contributed by atoms with Crippen LogP contribution < -0.4 is 0 Å². The van der Waals surface area contributed by atoms with Crippen molar-refractivity contribution in [3.8, 4) is 17.7 Å². The normalized spacial score (nSPS) is 16.1. The Bertz CT molecular complexity index is 895. The van der Waals surface area contributed by atoms with E-state index in [1.807, 2.05) is 30.3 Å². The zero-order valence-corrected chi connectivity index (χ0v) is 15.0.